The number of amides is 3. The maximum Gasteiger partial charge on any atom is 0.283 e. The van der Waals surface area contributed by atoms with E-state index in [1.54, 1.807) is 30.3 Å². The molecule has 1 aliphatic heterocycles. The lowest BCUT2D eigenvalue weighted by molar-refractivity contribution is -0.120. The Kier molecular flexibility index (Phi) is 7.07. The molecule has 4 rings (SSSR count). The second kappa shape index (κ2) is 9.86. The first-order valence-electron chi connectivity index (χ1n) is 9.52. The lowest BCUT2D eigenvalue weighted by Crippen LogP contribution is -2.32. The zero-order valence-corrected chi connectivity index (χ0v) is 20.6. The van der Waals surface area contributed by atoms with E-state index in [0.717, 1.165) is 4.90 Å². The lowest BCUT2D eigenvalue weighted by Gasteiger charge is -2.16. The monoisotopic (exact) mass is 553 g/mol. The summed E-state index contributed by atoms with van der Waals surface area (Å²) in [5.74, 6) is -1.88. The van der Waals surface area contributed by atoms with Crippen LogP contribution in [0.25, 0.3) is 0 Å². The van der Waals surface area contributed by atoms with E-state index in [4.69, 9.17) is 58.0 Å². The summed E-state index contributed by atoms with van der Waals surface area (Å²) >= 11 is 30.2. The first kappa shape index (κ1) is 24.4. The molecule has 3 aromatic carbocycles. The van der Waals surface area contributed by atoms with E-state index in [0.29, 0.717) is 16.4 Å². The fraction of sp³-hybridized carbons (Fsp3) is 0. The van der Waals surface area contributed by atoms with Crippen molar-refractivity contribution in [2.75, 3.05) is 15.5 Å². The van der Waals surface area contributed by atoms with Crippen molar-refractivity contribution in [3.8, 4) is 0 Å². The summed E-state index contributed by atoms with van der Waals surface area (Å²) in [6.45, 7) is 0. The Hall–Kier alpha value is -2.74. The standard InChI is InChI=1S/C23H12Cl5N3O3/c24-12-4-5-18(17(27)10-12)30-21(32)11-2-1-3-15(6-11)29-20-19(28)22(33)31(23(20)34)16-8-13(25)7-14(26)9-16/h1-10,29H,(H,30,32). The van der Waals surface area contributed by atoms with Crippen LogP contribution in [-0.2, 0) is 9.59 Å². The summed E-state index contributed by atoms with van der Waals surface area (Å²) in [5.41, 5.74) is 1.03. The molecule has 0 saturated carbocycles. The summed E-state index contributed by atoms with van der Waals surface area (Å²) in [6, 6.07) is 15.3. The van der Waals surface area contributed by atoms with Gasteiger partial charge in [-0.3, -0.25) is 14.4 Å². The minimum atomic E-state index is -0.737. The molecule has 0 unspecified atom stereocenters. The Bertz CT molecular complexity index is 1370. The molecule has 0 aliphatic carbocycles. The molecule has 0 bridgehead atoms. The molecule has 11 heteroatoms. The van der Waals surface area contributed by atoms with E-state index in [9.17, 15) is 14.4 Å². The second-order valence-corrected chi connectivity index (χ2v) is 9.14. The van der Waals surface area contributed by atoms with Gasteiger partial charge in [0.05, 0.1) is 16.4 Å². The number of hydrogen-bond acceptors (Lipinski definition) is 4. The van der Waals surface area contributed by atoms with E-state index in [1.165, 1.54) is 30.3 Å². The van der Waals surface area contributed by atoms with Gasteiger partial charge in [-0.05, 0) is 54.6 Å². The number of imide groups is 1. The van der Waals surface area contributed by atoms with Crippen LogP contribution in [0.5, 0.6) is 0 Å². The number of hydrogen-bond donors (Lipinski definition) is 2. The van der Waals surface area contributed by atoms with Gasteiger partial charge >= 0.3 is 0 Å². The Balaban J connectivity index is 1.56. The lowest BCUT2D eigenvalue weighted by atomic mass is 10.1. The molecule has 3 aromatic rings. The second-order valence-electron chi connectivity index (χ2n) is 7.05. The first-order chi connectivity index (χ1) is 16.1. The quantitative estimate of drug-likeness (QED) is 0.333. The number of carbonyl (C=O) groups is 3. The van der Waals surface area contributed by atoms with E-state index >= 15 is 0 Å². The molecule has 0 radical (unpaired) electrons. The van der Waals surface area contributed by atoms with Crippen LogP contribution in [0, 0.1) is 0 Å². The summed E-state index contributed by atoms with van der Waals surface area (Å²) in [5, 5.41) is 6.41. The predicted molar refractivity (Wildman–Crippen MR) is 136 cm³/mol. The van der Waals surface area contributed by atoms with Gasteiger partial charge in [-0.2, -0.15) is 0 Å². The van der Waals surface area contributed by atoms with Gasteiger partial charge in [-0.15, -0.1) is 0 Å². The van der Waals surface area contributed by atoms with Crippen LogP contribution in [0.4, 0.5) is 17.1 Å². The van der Waals surface area contributed by atoms with Crippen LogP contribution in [0.2, 0.25) is 20.1 Å². The van der Waals surface area contributed by atoms with E-state index in [-0.39, 0.29) is 37.0 Å². The highest BCUT2D eigenvalue weighted by atomic mass is 35.5. The minimum absolute atomic E-state index is 0.152. The van der Waals surface area contributed by atoms with Crippen LogP contribution in [0.1, 0.15) is 10.4 Å². The van der Waals surface area contributed by atoms with Gasteiger partial charge in [0.15, 0.2) is 0 Å². The molecule has 0 aromatic heterocycles. The minimum Gasteiger partial charge on any atom is -0.350 e. The third-order valence-corrected chi connectivity index (χ3v) is 6.04. The number of carbonyl (C=O) groups excluding carboxylic acids is 3. The van der Waals surface area contributed by atoms with Gasteiger partial charge < -0.3 is 10.6 Å². The normalized spacial score (nSPS) is 13.5. The predicted octanol–water partition coefficient (Wildman–Crippen LogP) is 6.99. The third kappa shape index (κ3) is 5.02. The molecule has 3 amide bonds. The number of nitrogens with zero attached hydrogens (tertiary/aromatic N) is 1. The van der Waals surface area contributed by atoms with Crippen molar-refractivity contribution in [3.05, 3.63) is 97.0 Å². The molecule has 0 fully saturated rings. The Morgan fingerprint density at radius 1 is 0.765 bits per heavy atom. The van der Waals surface area contributed by atoms with Crippen molar-refractivity contribution in [1.29, 1.82) is 0 Å². The van der Waals surface area contributed by atoms with Gasteiger partial charge in [0.2, 0.25) is 0 Å². The van der Waals surface area contributed by atoms with Crippen LogP contribution in [0.3, 0.4) is 0 Å². The number of nitrogens with one attached hydrogen (secondary N) is 2. The summed E-state index contributed by atoms with van der Waals surface area (Å²) in [7, 11) is 0. The molecule has 172 valence electrons. The van der Waals surface area contributed by atoms with Gasteiger partial charge in [0.1, 0.15) is 10.7 Å². The molecule has 0 saturated heterocycles. The number of benzene rings is 3. The van der Waals surface area contributed by atoms with Crippen molar-refractivity contribution in [2.24, 2.45) is 0 Å². The highest BCUT2D eigenvalue weighted by Crippen LogP contribution is 2.33. The highest BCUT2D eigenvalue weighted by molar-refractivity contribution is 6.53. The molecule has 1 aliphatic rings. The maximum atomic E-state index is 13.0. The molecule has 0 spiro atoms. The zero-order chi connectivity index (χ0) is 24.6. The van der Waals surface area contributed by atoms with Crippen molar-refractivity contribution >= 4 is 92.8 Å². The topological polar surface area (TPSA) is 78.5 Å². The molecular weight excluding hydrogens is 544 g/mol. The van der Waals surface area contributed by atoms with Crippen molar-refractivity contribution in [2.45, 2.75) is 0 Å². The van der Waals surface area contributed by atoms with Crippen molar-refractivity contribution in [1.82, 2.24) is 0 Å². The van der Waals surface area contributed by atoms with E-state index in [1.807, 2.05) is 0 Å². The average molecular weight is 556 g/mol. The molecular formula is C23H12Cl5N3O3. The summed E-state index contributed by atoms with van der Waals surface area (Å²) in [4.78, 5) is 39.2. The third-order valence-electron chi connectivity index (χ3n) is 4.71. The Labute approximate surface area is 219 Å². The summed E-state index contributed by atoms with van der Waals surface area (Å²) < 4.78 is 0. The van der Waals surface area contributed by atoms with E-state index in [2.05, 4.69) is 10.6 Å². The van der Waals surface area contributed by atoms with Gasteiger partial charge in [0, 0.05) is 26.3 Å². The van der Waals surface area contributed by atoms with Crippen LogP contribution >= 0.6 is 58.0 Å². The van der Waals surface area contributed by atoms with Crippen molar-refractivity contribution in [3.63, 3.8) is 0 Å². The van der Waals surface area contributed by atoms with Gasteiger partial charge in [-0.25, -0.2) is 4.90 Å². The highest BCUT2D eigenvalue weighted by Gasteiger charge is 2.39. The van der Waals surface area contributed by atoms with Crippen LogP contribution in [0.15, 0.2) is 71.4 Å². The first-order valence-corrected chi connectivity index (χ1v) is 11.4. The smallest absolute Gasteiger partial charge is 0.283 e. The average Bonchev–Trinajstić information content (AvgIpc) is 2.98. The van der Waals surface area contributed by atoms with Crippen LogP contribution < -0.4 is 15.5 Å². The number of halogens is 5. The summed E-state index contributed by atoms with van der Waals surface area (Å²) in [6.07, 6.45) is 0. The van der Waals surface area contributed by atoms with Gasteiger partial charge in [-0.1, -0.05) is 64.1 Å². The SMILES string of the molecule is O=C(Nc1ccc(Cl)cc1Cl)c1cccc(NC2=C(Cl)C(=O)N(c3cc(Cl)cc(Cl)c3)C2=O)c1. The molecule has 0 atom stereocenters. The molecule has 1 heterocycles. The fourth-order valence-electron chi connectivity index (χ4n) is 3.18. The van der Waals surface area contributed by atoms with Crippen LogP contribution in [-0.4, -0.2) is 17.7 Å². The number of anilines is 3. The Morgan fingerprint density at radius 3 is 2.15 bits per heavy atom. The fourth-order valence-corrected chi connectivity index (χ4v) is 4.36. The molecule has 34 heavy (non-hydrogen) atoms. The van der Waals surface area contributed by atoms with E-state index < -0.39 is 17.7 Å². The number of rotatable bonds is 5. The zero-order valence-electron chi connectivity index (χ0n) is 16.8. The Morgan fingerprint density at radius 2 is 1.47 bits per heavy atom. The largest absolute Gasteiger partial charge is 0.350 e. The molecule has 2 N–H and O–H groups in total. The van der Waals surface area contributed by atoms with Gasteiger partial charge in [0.25, 0.3) is 17.7 Å². The molecule has 6 nitrogen and oxygen atoms in total. The van der Waals surface area contributed by atoms with Crippen molar-refractivity contribution < 1.29 is 14.4 Å². The maximum absolute atomic E-state index is 13.0.